The summed E-state index contributed by atoms with van der Waals surface area (Å²) in [5.41, 5.74) is 2.59. The van der Waals surface area contributed by atoms with Gasteiger partial charge in [0.2, 0.25) is 0 Å². The highest BCUT2D eigenvalue weighted by Gasteiger charge is 2.38. The number of non-ortho nitro benzene ring substituents is 1. The topological polar surface area (TPSA) is 109 Å². The summed E-state index contributed by atoms with van der Waals surface area (Å²) in [6.45, 7) is 0. The number of imide groups is 1. The van der Waals surface area contributed by atoms with Crippen LogP contribution in [0.15, 0.2) is 66.7 Å². The lowest BCUT2D eigenvalue weighted by Gasteiger charge is -2.13. The zero-order valence-corrected chi connectivity index (χ0v) is 14.8. The Morgan fingerprint density at radius 1 is 0.897 bits per heavy atom. The van der Waals surface area contributed by atoms with Crippen molar-refractivity contribution in [2.45, 2.75) is 0 Å². The van der Waals surface area contributed by atoms with Gasteiger partial charge in [-0.05, 0) is 24.3 Å². The van der Waals surface area contributed by atoms with Gasteiger partial charge < -0.3 is 4.98 Å². The maximum atomic E-state index is 12.8. The number of carbonyl (C=O) groups excluding carboxylic acids is 2. The molecule has 0 bridgehead atoms. The third-order valence-corrected chi connectivity index (χ3v) is 4.85. The molecule has 5 rings (SSSR count). The van der Waals surface area contributed by atoms with Gasteiger partial charge in [-0.3, -0.25) is 19.7 Å². The number of hydrogen-bond donors (Lipinski definition) is 1. The van der Waals surface area contributed by atoms with E-state index in [4.69, 9.17) is 0 Å². The fraction of sp³-hybridized carbons (Fsp3) is 0. The summed E-state index contributed by atoms with van der Waals surface area (Å²) < 4.78 is 0. The van der Waals surface area contributed by atoms with E-state index >= 15 is 0 Å². The van der Waals surface area contributed by atoms with Crippen LogP contribution in [-0.2, 0) is 0 Å². The molecule has 1 aliphatic rings. The standard InChI is InChI=1S/C21H12N4O4/c26-20-15-8-6-14(25(28)29)10-16(15)21(27)24(20)13-7-9-17-18(11-13)23-19(22-17)12-4-2-1-3-5-12/h1-11H,(H,22,23). The van der Waals surface area contributed by atoms with Gasteiger partial charge in [0, 0.05) is 17.7 Å². The van der Waals surface area contributed by atoms with Gasteiger partial charge >= 0.3 is 0 Å². The molecule has 1 aliphatic heterocycles. The van der Waals surface area contributed by atoms with Crippen molar-refractivity contribution in [2.75, 3.05) is 4.90 Å². The summed E-state index contributed by atoms with van der Waals surface area (Å²) in [4.78, 5) is 44.7. The number of carbonyl (C=O) groups is 2. The van der Waals surface area contributed by atoms with E-state index in [9.17, 15) is 19.7 Å². The molecule has 140 valence electrons. The molecular weight excluding hydrogens is 372 g/mol. The third-order valence-electron chi connectivity index (χ3n) is 4.85. The van der Waals surface area contributed by atoms with Crippen LogP contribution in [-0.4, -0.2) is 26.7 Å². The van der Waals surface area contributed by atoms with E-state index in [1.54, 1.807) is 18.2 Å². The fourth-order valence-electron chi connectivity index (χ4n) is 3.45. The Balaban J connectivity index is 1.56. The molecule has 0 saturated carbocycles. The zero-order valence-electron chi connectivity index (χ0n) is 14.8. The van der Waals surface area contributed by atoms with Gasteiger partial charge in [-0.25, -0.2) is 9.88 Å². The molecule has 29 heavy (non-hydrogen) atoms. The lowest BCUT2D eigenvalue weighted by atomic mass is 10.1. The van der Waals surface area contributed by atoms with Crippen molar-refractivity contribution in [3.8, 4) is 11.4 Å². The van der Waals surface area contributed by atoms with Crippen molar-refractivity contribution in [2.24, 2.45) is 0 Å². The lowest BCUT2D eigenvalue weighted by Crippen LogP contribution is -2.29. The molecule has 0 atom stereocenters. The Hall–Kier alpha value is -4.33. The molecule has 8 heteroatoms. The van der Waals surface area contributed by atoms with Crippen molar-refractivity contribution < 1.29 is 14.5 Å². The number of imidazole rings is 1. The van der Waals surface area contributed by atoms with E-state index in [0.717, 1.165) is 16.5 Å². The normalized spacial score (nSPS) is 13.2. The van der Waals surface area contributed by atoms with Gasteiger partial charge in [0.1, 0.15) is 5.82 Å². The van der Waals surface area contributed by atoms with Gasteiger partial charge in [0.05, 0.1) is 32.8 Å². The molecule has 1 N–H and O–H groups in total. The molecule has 2 amide bonds. The van der Waals surface area contributed by atoms with Crippen LogP contribution in [0.2, 0.25) is 0 Å². The van der Waals surface area contributed by atoms with Crippen LogP contribution in [0.25, 0.3) is 22.4 Å². The molecule has 3 aromatic carbocycles. The summed E-state index contributed by atoms with van der Waals surface area (Å²) in [5, 5.41) is 11.0. The Bertz CT molecular complexity index is 1330. The molecule has 0 radical (unpaired) electrons. The van der Waals surface area contributed by atoms with Gasteiger partial charge in [-0.2, -0.15) is 0 Å². The number of aromatic amines is 1. The number of nitrogens with zero attached hydrogens (tertiary/aromatic N) is 3. The largest absolute Gasteiger partial charge is 0.338 e. The number of anilines is 1. The number of nitrogens with one attached hydrogen (secondary N) is 1. The number of H-pyrrole nitrogens is 1. The number of nitro groups is 1. The average molecular weight is 384 g/mol. The molecule has 2 heterocycles. The second-order valence-corrected chi connectivity index (χ2v) is 6.59. The van der Waals surface area contributed by atoms with Gasteiger partial charge in [-0.15, -0.1) is 0 Å². The number of rotatable bonds is 3. The lowest BCUT2D eigenvalue weighted by molar-refractivity contribution is -0.384. The quantitative estimate of drug-likeness (QED) is 0.327. The Kier molecular flexibility index (Phi) is 3.53. The first-order valence-electron chi connectivity index (χ1n) is 8.75. The van der Waals surface area contributed by atoms with E-state index in [1.165, 1.54) is 12.1 Å². The molecule has 0 unspecified atom stereocenters. The average Bonchev–Trinajstić information content (AvgIpc) is 3.27. The van der Waals surface area contributed by atoms with E-state index in [-0.39, 0.29) is 16.8 Å². The van der Waals surface area contributed by atoms with Crippen molar-refractivity contribution in [1.29, 1.82) is 0 Å². The molecule has 0 aliphatic carbocycles. The second-order valence-electron chi connectivity index (χ2n) is 6.59. The Morgan fingerprint density at radius 2 is 1.66 bits per heavy atom. The molecular formula is C21H12N4O4. The Morgan fingerprint density at radius 3 is 2.41 bits per heavy atom. The van der Waals surface area contributed by atoms with Gasteiger partial charge in [0.15, 0.2) is 0 Å². The summed E-state index contributed by atoms with van der Waals surface area (Å²) in [5.74, 6) is -0.423. The van der Waals surface area contributed by atoms with Crippen LogP contribution >= 0.6 is 0 Å². The number of amides is 2. The summed E-state index contributed by atoms with van der Waals surface area (Å²) in [7, 11) is 0. The first-order chi connectivity index (χ1) is 14.0. The number of fused-ring (bicyclic) bond motifs is 2. The Labute approximate surface area is 163 Å². The van der Waals surface area contributed by atoms with E-state index < -0.39 is 16.7 Å². The monoisotopic (exact) mass is 384 g/mol. The SMILES string of the molecule is O=C1c2ccc([N+](=O)[O-])cc2C(=O)N1c1ccc2nc(-c3ccccc3)[nH]c2c1. The van der Waals surface area contributed by atoms with E-state index in [1.807, 2.05) is 30.3 Å². The van der Waals surface area contributed by atoms with Crippen LogP contribution in [0, 0.1) is 10.1 Å². The van der Waals surface area contributed by atoms with Crippen LogP contribution in [0.4, 0.5) is 11.4 Å². The highest BCUT2D eigenvalue weighted by atomic mass is 16.6. The third kappa shape index (κ3) is 2.58. The second kappa shape index (κ2) is 6.10. The van der Waals surface area contributed by atoms with Crippen molar-refractivity contribution in [3.63, 3.8) is 0 Å². The highest BCUT2D eigenvalue weighted by molar-refractivity contribution is 6.34. The molecule has 8 nitrogen and oxygen atoms in total. The number of hydrogen-bond acceptors (Lipinski definition) is 5. The molecule has 4 aromatic rings. The zero-order chi connectivity index (χ0) is 20.1. The summed E-state index contributed by atoms with van der Waals surface area (Å²) in [6, 6.07) is 18.3. The minimum Gasteiger partial charge on any atom is -0.338 e. The van der Waals surface area contributed by atoms with Gasteiger partial charge in [0.25, 0.3) is 17.5 Å². The van der Waals surface area contributed by atoms with E-state index in [2.05, 4.69) is 9.97 Å². The van der Waals surface area contributed by atoms with Crippen LogP contribution in [0.3, 0.4) is 0 Å². The minimum absolute atomic E-state index is 0.0267. The predicted molar refractivity (Wildman–Crippen MR) is 106 cm³/mol. The molecule has 0 saturated heterocycles. The van der Waals surface area contributed by atoms with Crippen LogP contribution < -0.4 is 4.90 Å². The minimum atomic E-state index is -0.595. The first kappa shape index (κ1) is 16.8. The van der Waals surface area contributed by atoms with Crippen molar-refractivity contribution in [1.82, 2.24) is 9.97 Å². The predicted octanol–water partition coefficient (Wildman–Crippen LogP) is 3.94. The maximum Gasteiger partial charge on any atom is 0.270 e. The maximum absolute atomic E-state index is 12.8. The highest BCUT2D eigenvalue weighted by Crippen LogP contribution is 2.32. The first-order valence-corrected chi connectivity index (χ1v) is 8.75. The number of aromatic nitrogens is 2. The van der Waals surface area contributed by atoms with Crippen LogP contribution in [0.1, 0.15) is 20.7 Å². The molecule has 0 fully saturated rings. The van der Waals surface area contributed by atoms with Crippen LogP contribution in [0.5, 0.6) is 0 Å². The number of benzene rings is 3. The smallest absolute Gasteiger partial charge is 0.270 e. The summed E-state index contributed by atoms with van der Waals surface area (Å²) in [6.07, 6.45) is 0. The number of nitro benzene ring substituents is 1. The van der Waals surface area contributed by atoms with Gasteiger partial charge in [-0.1, -0.05) is 30.3 Å². The molecule has 1 aromatic heterocycles. The molecule has 0 spiro atoms. The summed E-state index contributed by atoms with van der Waals surface area (Å²) >= 11 is 0. The fourth-order valence-corrected chi connectivity index (χ4v) is 3.45. The van der Waals surface area contributed by atoms with Crippen molar-refractivity contribution in [3.05, 3.63) is 88.0 Å². The van der Waals surface area contributed by atoms with Crippen molar-refractivity contribution >= 4 is 34.2 Å². The van der Waals surface area contributed by atoms with E-state index in [0.29, 0.717) is 22.5 Å².